The molecule has 2 atom stereocenters. The Bertz CT molecular complexity index is 1030. The van der Waals surface area contributed by atoms with Crippen LogP contribution in [0.15, 0.2) is 121 Å². The molecule has 35 heavy (non-hydrogen) atoms. The van der Waals surface area contributed by atoms with Crippen LogP contribution in [0.4, 0.5) is 0 Å². The first-order valence-corrected chi connectivity index (χ1v) is 13.8. The molecule has 0 amide bonds. The van der Waals surface area contributed by atoms with Crippen LogP contribution >= 0.6 is 0 Å². The van der Waals surface area contributed by atoms with E-state index in [1.54, 1.807) is 0 Å². The molecule has 0 spiro atoms. The molecule has 0 radical (unpaired) electrons. The summed E-state index contributed by atoms with van der Waals surface area (Å²) in [5.41, 5.74) is 0. The highest BCUT2D eigenvalue weighted by Crippen LogP contribution is 2.18. The summed E-state index contributed by atoms with van der Waals surface area (Å²) in [4.78, 5) is 0. The fourth-order valence-corrected chi connectivity index (χ4v) is 7.34. The minimum Gasteiger partial charge on any atom is -0.491 e. The molecule has 4 aromatic carbocycles. The third kappa shape index (κ3) is 6.82. The maximum Gasteiger partial charge on any atom is 0.407 e. The molecule has 0 N–H and O–H groups in total. The van der Waals surface area contributed by atoms with Crippen molar-refractivity contribution in [2.24, 2.45) is 0 Å². The van der Waals surface area contributed by atoms with Crippen molar-refractivity contribution in [3.63, 3.8) is 0 Å². The smallest absolute Gasteiger partial charge is 0.407 e. The Balaban J connectivity index is 1.60. The van der Waals surface area contributed by atoms with Gasteiger partial charge in [0.15, 0.2) is 0 Å². The molecule has 5 heteroatoms. The third-order valence-corrected chi connectivity index (χ3v) is 9.15. The van der Waals surface area contributed by atoms with Gasteiger partial charge in [-0.25, -0.2) is 0 Å². The molecule has 0 aliphatic carbocycles. The molecule has 0 saturated carbocycles. The number of rotatable bonds is 12. The number of hydrogen-bond donors (Lipinski definition) is 0. The molecule has 2 unspecified atom stereocenters. The summed E-state index contributed by atoms with van der Waals surface area (Å²) < 4.78 is 25.8. The van der Waals surface area contributed by atoms with E-state index in [0.29, 0.717) is 13.2 Å². The van der Waals surface area contributed by atoms with Gasteiger partial charge in [-0.05, 0) is 48.5 Å². The maximum absolute atomic E-state index is 6.89. The number of hydrogen-bond acceptors (Lipinski definition) is 4. The normalized spacial score (nSPS) is 13.1. The molecular weight excluding hydrogens is 452 g/mol. The lowest BCUT2D eigenvalue weighted by atomic mass is 10.3. The summed E-state index contributed by atoms with van der Waals surface area (Å²) >= 11 is 0. The summed E-state index contributed by atoms with van der Waals surface area (Å²) in [6.45, 7) is 4.89. The van der Waals surface area contributed by atoms with E-state index in [2.05, 4.69) is 24.3 Å². The summed E-state index contributed by atoms with van der Waals surface area (Å²) in [5, 5.41) is 2.09. The summed E-state index contributed by atoms with van der Waals surface area (Å²) in [5.74, 6) is 1.64. The first-order chi connectivity index (χ1) is 17.2. The van der Waals surface area contributed by atoms with Crippen molar-refractivity contribution in [3.8, 4) is 11.5 Å². The largest absolute Gasteiger partial charge is 0.491 e. The number of para-hydroxylation sites is 2. The SMILES string of the molecule is CC(COc1ccccc1)O[Si](OC(C)COc1ccccc1)(c1ccccc1)c1ccccc1. The number of ether oxygens (including phenoxy) is 2. The van der Waals surface area contributed by atoms with Crippen molar-refractivity contribution in [1.82, 2.24) is 0 Å². The van der Waals surface area contributed by atoms with E-state index in [1.807, 2.05) is 111 Å². The predicted molar refractivity (Wildman–Crippen MR) is 143 cm³/mol. The van der Waals surface area contributed by atoms with Crippen LogP contribution in [-0.4, -0.2) is 34.0 Å². The summed E-state index contributed by atoms with van der Waals surface area (Å²) in [6, 6.07) is 40.1. The second kappa shape index (κ2) is 12.4. The molecule has 0 aliphatic heterocycles. The summed E-state index contributed by atoms with van der Waals surface area (Å²) in [7, 11) is -3.11. The quantitative estimate of drug-likeness (QED) is 0.259. The Morgan fingerprint density at radius 2 is 0.800 bits per heavy atom. The van der Waals surface area contributed by atoms with Crippen molar-refractivity contribution in [1.29, 1.82) is 0 Å². The van der Waals surface area contributed by atoms with Gasteiger partial charge in [-0.15, -0.1) is 0 Å². The predicted octanol–water partition coefficient (Wildman–Crippen LogP) is 5.21. The van der Waals surface area contributed by atoms with Gasteiger partial charge in [0.25, 0.3) is 0 Å². The monoisotopic (exact) mass is 484 g/mol. The lowest BCUT2D eigenvalue weighted by Crippen LogP contribution is -2.66. The molecule has 0 saturated heterocycles. The zero-order valence-corrected chi connectivity index (χ0v) is 21.2. The average Bonchev–Trinajstić information content (AvgIpc) is 2.92. The lowest BCUT2D eigenvalue weighted by Gasteiger charge is -2.36. The zero-order valence-electron chi connectivity index (χ0n) is 20.2. The van der Waals surface area contributed by atoms with Gasteiger partial charge in [-0.2, -0.15) is 0 Å². The minimum absolute atomic E-state index is 0.204. The van der Waals surface area contributed by atoms with Gasteiger partial charge in [-0.1, -0.05) is 97.1 Å². The van der Waals surface area contributed by atoms with E-state index >= 15 is 0 Å². The fraction of sp³-hybridized carbons (Fsp3) is 0.200. The van der Waals surface area contributed by atoms with Gasteiger partial charge in [0.05, 0.1) is 12.2 Å². The first-order valence-electron chi connectivity index (χ1n) is 12.0. The van der Waals surface area contributed by atoms with Crippen LogP contribution in [0.3, 0.4) is 0 Å². The highest BCUT2D eigenvalue weighted by atomic mass is 28.4. The van der Waals surface area contributed by atoms with E-state index < -0.39 is 8.56 Å². The Morgan fingerprint density at radius 3 is 1.14 bits per heavy atom. The Morgan fingerprint density at radius 1 is 0.486 bits per heavy atom. The van der Waals surface area contributed by atoms with Gasteiger partial charge in [-0.3, -0.25) is 0 Å². The number of benzene rings is 4. The maximum atomic E-state index is 6.89. The van der Waals surface area contributed by atoms with Crippen LogP contribution in [0, 0.1) is 0 Å². The van der Waals surface area contributed by atoms with E-state index in [-0.39, 0.29) is 12.2 Å². The van der Waals surface area contributed by atoms with Gasteiger partial charge >= 0.3 is 8.56 Å². The molecule has 0 fully saturated rings. The van der Waals surface area contributed by atoms with Gasteiger partial charge in [0.1, 0.15) is 24.7 Å². The standard InChI is InChI=1S/C30H32O4Si/c1-25(23-31-27-15-7-3-8-16-27)33-35(29-19-11-5-12-20-29,30-21-13-6-14-22-30)34-26(2)24-32-28-17-9-4-10-18-28/h3-22,25-26H,23-24H2,1-2H3. The van der Waals surface area contributed by atoms with E-state index in [9.17, 15) is 0 Å². The molecule has 0 aliphatic rings. The topological polar surface area (TPSA) is 36.9 Å². The molecule has 180 valence electrons. The van der Waals surface area contributed by atoms with Crippen molar-refractivity contribution in [2.75, 3.05) is 13.2 Å². The molecule has 0 aromatic heterocycles. The average molecular weight is 485 g/mol. The van der Waals surface area contributed by atoms with Crippen LogP contribution in [-0.2, 0) is 8.85 Å². The van der Waals surface area contributed by atoms with Crippen molar-refractivity contribution in [3.05, 3.63) is 121 Å². The van der Waals surface area contributed by atoms with Crippen LogP contribution in [0.2, 0.25) is 0 Å². The molecule has 4 aromatic rings. The Hall–Kier alpha value is -3.38. The van der Waals surface area contributed by atoms with Crippen molar-refractivity contribution >= 4 is 18.9 Å². The highest BCUT2D eigenvalue weighted by molar-refractivity contribution is 6.92. The van der Waals surface area contributed by atoms with Crippen LogP contribution in [0.25, 0.3) is 0 Å². The van der Waals surface area contributed by atoms with E-state index in [4.69, 9.17) is 18.3 Å². The van der Waals surface area contributed by atoms with Crippen LogP contribution in [0.5, 0.6) is 11.5 Å². The molecule has 0 bridgehead atoms. The van der Waals surface area contributed by atoms with E-state index in [0.717, 1.165) is 21.9 Å². The highest BCUT2D eigenvalue weighted by Gasteiger charge is 2.45. The summed E-state index contributed by atoms with van der Waals surface area (Å²) in [6.07, 6.45) is -0.408. The van der Waals surface area contributed by atoms with Gasteiger partial charge in [0, 0.05) is 0 Å². The second-order valence-corrected chi connectivity index (χ2v) is 11.3. The minimum atomic E-state index is -3.11. The van der Waals surface area contributed by atoms with Crippen molar-refractivity contribution < 1.29 is 18.3 Å². The molecular formula is C30H32O4Si. The van der Waals surface area contributed by atoms with Gasteiger partial charge < -0.3 is 18.3 Å². The van der Waals surface area contributed by atoms with Gasteiger partial charge in [0.2, 0.25) is 0 Å². The Labute approximate surface area is 209 Å². The zero-order chi connectivity index (χ0) is 24.3. The fourth-order valence-electron chi connectivity index (χ4n) is 3.88. The van der Waals surface area contributed by atoms with Crippen molar-refractivity contribution in [2.45, 2.75) is 26.1 Å². The second-order valence-electron chi connectivity index (χ2n) is 8.45. The van der Waals surface area contributed by atoms with Crippen LogP contribution < -0.4 is 19.8 Å². The van der Waals surface area contributed by atoms with Crippen LogP contribution in [0.1, 0.15) is 13.8 Å². The Kier molecular flexibility index (Phi) is 8.73. The molecule has 4 nitrogen and oxygen atoms in total. The molecule has 0 heterocycles. The first kappa shape index (κ1) is 24.7. The lowest BCUT2D eigenvalue weighted by molar-refractivity contribution is 0.0632. The van der Waals surface area contributed by atoms with E-state index in [1.165, 1.54) is 0 Å². The third-order valence-electron chi connectivity index (χ3n) is 5.50. The molecule has 4 rings (SSSR count).